The van der Waals surface area contributed by atoms with Crippen LogP contribution in [0.4, 0.5) is 0 Å². The third-order valence-corrected chi connectivity index (χ3v) is 5.76. The van der Waals surface area contributed by atoms with Crippen molar-refractivity contribution < 1.29 is 14.1 Å². The number of amides is 1. The first-order chi connectivity index (χ1) is 13.7. The van der Waals surface area contributed by atoms with E-state index >= 15 is 0 Å². The Bertz CT molecular complexity index is 954. The van der Waals surface area contributed by atoms with Crippen LogP contribution >= 0.6 is 0 Å². The highest BCUT2D eigenvalue weighted by Crippen LogP contribution is 2.35. The second-order valence-electron chi connectivity index (χ2n) is 7.40. The quantitative estimate of drug-likeness (QED) is 0.836. The Balaban J connectivity index is 1.86. The van der Waals surface area contributed by atoms with E-state index in [1.807, 2.05) is 48.5 Å². The van der Waals surface area contributed by atoms with Crippen LogP contribution in [0.15, 0.2) is 48.5 Å². The third kappa shape index (κ3) is 3.32. The number of hydrogen-bond acceptors (Lipinski definition) is 4. The molecule has 0 radical (unpaired) electrons. The first-order valence-corrected chi connectivity index (χ1v) is 9.75. The summed E-state index contributed by atoms with van der Waals surface area (Å²) in [6.45, 7) is 2.52. The number of fused-ring (bicyclic) bond motifs is 1. The lowest BCUT2D eigenvalue weighted by Crippen LogP contribution is -2.41. The molecule has 0 spiro atoms. The van der Waals surface area contributed by atoms with Gasteiger partial charge in [0.1, 0.15) is 11.7 Å². The number of carbonyl (C=O) groups excluding carboxylic acids is 1. The molecule has 2 aliphatic heterocycles. The SMILES string of the molecule is COc1ccc2c(c1)C(c1ccccc1)C(C#N)=[N+](CC1CCNCC1)C2=O. The number of rotatable bonds is 4. The molecule has 4 rings (SSSR count). The van der Waals surface area contributed by atoms with Crippen molar-refractivity contribution in [1.29, 1.82) is 5.26 Å². The molecule has 2 aromatic carbocycles. The van der Waals surface area contributed by atoms with Crippen molar-refractivity contribution in [3.8, 4) is 11.8 Å². The molecule has 0 aliphatic carbocycles. The predicted molar refractivity (Wildman–Crippen MR) is 107 cm³/mol. The highest BCUT2D eigenvalue weighted by molar-refractivity contribution is 6.10. The zero-order valence-electron chi connectivity index (χ0n) is 16.0. The van der Waals surface area contributed by atoms with Gasteiger partial charge in [-0.2, -0.15) is 9.84 Å². The van der Waals surface area contributed by atoms with Crippen molar-refractivity contribution >= 4 is 11.6 Å². The van der Waals surface area contributed by atoms with Gasteiger partial charge in [-0.05, 0) is 55.3 Å². The van der Waals surface area contributed by atoms with Gasteiger partial charge >= 0.3 is 5.91 Å². The lowest BCUT2D eigenvalue weighted by atomic mass is 9.81. The van der Waals surface area contributed by atoms with Gasteiger partial charge in [0.15, 0.2) is 12.6 Å². The average molecular weight is 374 g/mol. The largest absolute Gasteiger partial charge is 0.497 e. The van der Waals surface area contributed by atoms with E-state index in [-0.39, 0.29) is 11.8 Å². The van der Waals surface area contributed by atoms with Gasteiger partial charge in [0.25, 0.3) is 5.71 Å². The van der Waals surface area contributed by atoms with Gasteiger partial charge in [-0.1, -0.05) is 30.3 Å². The second-order valence-corrected chi connectivity index (χ2v) is 7.40. The number of ether oxygens (including phenoxy) is 1. The molecule has 0 bridgehead atoms. The maximum absolute atomic E-state index is 13.3. The minimum Gasteiger partial charge on any atom is -0.497 e. The van der Waals surface area contributed by atoms with E-state index in [4.69, 9.17) is 4.74 Å². The molecule has 5 heteroatoms. The molecule has 2 aliphatic rings. The maximum atomic E-state index is 13.3. The molecule has 0 saturated carbocycles. The molecule has 2 aromatic rings. The van der Waals surface area contributed by atoms with E-state index in [1.165, 1.54) is 0 Å². The number of hydrogen-bond donors (Lipinski definition) is 1. The van der Waals surface area contributed by atoms with E-state index in [9.17, 15) is 10.1 Å². The molecule has 0 aromatic heterocycles. The molecule has 1 amide bonds. The van der Waals surface area contributed by atoms with Crippen LogP contribution in [0, 0.1) is 17.2 Å². The monoisotopic (exact) mass is 374 g/mol. The van der Waals surface area contributed by atoms with Gasteiger partial charge in [-0.15, -0.1) is 0 Å². The highest BCUT2D eigenvalue weighted by atomic mass is 16.5. The van der Waals surface area contributed by atoms with E-state index in [0.29, 0.717) is 29.5 Å². The van der Waals surface area contributed by atoms with Crippen LogP contribution in [-0.2, 0) is 0 Å². The smallest absolute Gasteiger partial charge is 0.420 e. The second kappa shape index (κ2) is 7.95. The number of nitrogens with zero attached hydrogens (tertiary/aromatic N) is 2. The zero-order chi connectivity index (χ0) is 19.5. The summed E-state index contributed by atoms with van der Waals surface area (Å²) < 4.78 is 7.12. The van der Waals surface area contributed by atoms with Gasteiger partial charge in [-0.25, -0.2) is 4.79 Å². The van der Waals surface area contributed by atoms with Gasteiger partial charge in [0.05, 0.1) is 12.7 Å². The van der Waals surface area contributed by atoms with E-state index in [0.717, 1.165) is 37.1 Å². The fourth-order valence-corrected chi connectivity index (χ4v) is 4.27. The van der Waals surface area contributed by atoms with Crippen molar-refractivity contribution in [3.63, 3.8) is 0 Å². The average Bonchev–Trinajstić information content (AvgIpc) is 2.76. The lowest BCUT2D eigenvalue weighted by molar-refractivity contribution is -0.440. The van der Waals surface area contributed by atoms with Gasteiger partial charge in [0.2, 0.25) is 0 Å². The molecule has 142 valence electrons. The molecule has 2 heterocycles. The fraction of sp³-hybridized carbons (Fsp3) is 0.348. The third-order valence-electron chi connectivity index (χ3n) is 5.76. The van der Waals surface area contributed by atoms with E-state index < -0.39 is 0 Å². The summed E-state index contributed by atoms with van der Waals surface area (Å²) in [6, 6.07) is 17.8. The maximum Gasteiger partial charge on any atom is 0.420 e. The fourth-order valence-electron chi connectivity index (χ4n) is 4.27. The molecule has 1 unspecified atom stereocenters. The van der Waals surface area contributed by atoms with Crippen LogP contribution in [0.25, 0.3) is 0 Å². The number of benzene rings is 2. The van der Waals surface area contributed by atoms with Crippen molar-refractivity contribution in [2.45, 2.75) is 18.8 Å². The van der Waals surface area contributed by atoms with Crippen LogP contribution < -0.4 is 10.1 Å². The Morgan fingerprint density at radius 2 is 1.93 bits per heavy atom. The Kier molecular flexibility index (Phi) is 5.23. The molecular weight excluding hydrogens is 350 g/mol. The summed E-state index contributed by atoms with van der Waals surface area (Å²) in [7, 11) is 1.61. The van der Waals surface area contributed by atoms with Crippen LogP contribution in [0.3, 0.4) is 0 Å². The summed E-state index contributed by atoms with van der Waals surface area (Å²) in [5, 5.41) is 13.4. The van der Waals surface area contributed by atoms with E-state index in [1.54, 1.807) is 11.7 Å². The van der Waals surface area contributed by atoms with Gasteiger partial charge in [-0.3, -0.25) is 0 Å². The van der Waals surface area contributed by atoms with Crippen molar-refractivity contribution in [2.24, 2.45) is 5.92 Å². The van der Waals surface area contributed by atoms with Crippen LogP contribution in [0.2, 0.25) is 0 Å². The van der Waals surface area contributed by atoms with Crippen molar-refractivity contribution in [2.75, 3.05) is 26.7 Å². The van der Waals surface area contributed by atoms with Gasteiger partial charge in [0, 0.05) is 5.92 Å². The van der Waals surface area contributed by atoms with Crippen LogP contribution in [0.1, 0.15) is 40.2 Å². The van der Waals surface area contributed by atoms with E-state index in [2.05, 4.69) is 11.4 Å². The molecule has 5 nitrogen and oxygen atoms in total. The standard InChI is InChI=1S/C23H24N3O2/c1-28-18-7-8-19-20(13-18)22(17-5-3-2-4-6-17)21(14-24)26(23(19)27)15-16-9-11-25-12-10-16/h2-8,13,16,22,25H,9-12,15H2,1H3/q+1. The summed E-state index contributed by atoms with van der Waals surface area (Å²) >= 11 is 0. The molecular formula is C23H24N3O2+. The first kappa shape index (κ1) is 18.4. The first-order valence-electron chi connectivity index (χ1n) is 9.75. The molecule has 1 N–H and O–H groups in total. The predicted octanol–water partition coefficient (Wildman–Crippen LogP) is 2.96. The normalized spacial score (nSPS) is 19.9. The number of carbonyl (C=O) groups is 1. The summed E-state index contributed by atoms with van der Waals surface area (Å²) in [5.74, 6) is 0.747. The highest BCUT2D eigenvalue weighted by Gasteiger charge is 2.42. The number of nitriles is 1. The summed E-state index contributed by atoms with van der Waals surface area (Å²) in [4.78, 5) is 13.3. The van der Waals surface area contributed by atoms with Gasteiger partial charge < -0.3 is 10.1 Å². The Morgan fingerprint density at radius 1 is 1.18 bits per heavy atom. The zero-order valence-corrected chi connectivity index (χ0v) is 16.0. The minimum absolute atomic E-state index is 0.0834. The number of piperidine rings is 1. The summed E-state index contributed by atoms with van der Waals surface area (Å²) in [6.07, 6.45) is 2.04. The topological polar surface area (TPSA) is 65.1 Å². The Labute approximate surface area is 165 Å². The molecule has 1 fully saturated rings. The lowest BCUT2D eigenvalue weighted by Gasteiger charge is -2.25. The molecule has 1 saturated heterocycles. The molecule has 1 atom stereocenters. The minimum atomic E-state index is -0.268. The van der Waals surface area contributed by atoms with Crippen molar-refractivity contribution in [1.82, 2.24) is 5.32 Å². The van der Waals surface area contributed by atoms with Crippen LogP contribution in [-0.4, -0.2) is 42.9 Å². The number of methoxy groups -OCH3 is 1. The Morgan fingerprint density at radius 3 is 2.61 bits per heavy atom. The number of nitrogens with one attached hydrogen (secondary N) is 1. The van der Waals surface area contributed by atoms with Crippen LogP contribution in [0.5, 0.6) is 5.75 Å². The summed E-state index contributed by atoms with van der Waals surface area (Å²) in [5.41, 5.74) is 3.02. The Hall–Kier alpha value is -2.97. The van der Waals surface area contributed by atoms with Crippen molar-refractivity contribution in [3.05, 3.63) is 65.2 Å². The molecule has 28 heavy (non-hydrogen) atoms.